The normalized spacial score (nSPS) is 10.8. The molecule has 5 heteroatoms. The summed E-state index contributed by atoms with van der Waals surface area (Å²) >= 11 is 0. The van der Waals surface area contributed by atoms with Gasteiger partial charge in [0.25, 0.3) is 0 Å². The van der Waals surface area contributed by atoms with E-state index in [1.807, 2.05) is 0 Å². The molecule has 0 saturated heterocycles. The van der Waals surface area contributed by atoms with E-state index in [1.165, 1.54) is 18.2 Å². The fourth-order valence-corrected chi connectivity index (χ4v) is 1.95. The number of aliphatic hydroxyl groups is 1. The van der Waals surface area contributed by atoms with E-state index in [9.17, 15) is 9.59 Å². The number of hydrogen-bond acceptors (Lipinski definition) is 3. The standard InChI is InChI=1S/C17H14O5/c18-10-12-3-1-11(2-4-12)5-6-13-9-14(16(19)20)7-8-15(13)17(21)22/h1-9,18H,10H2,(H,19,20)(H,21,22)/b6-5+. The largest absolute Gasteiger partial charge is 0.478 e. The Hall–Kier alpha value is -2.92. The highest BCUT2D eigenvalue weighted by Gasteiger charge is 2.11. The molecule has 0 spiro atoms. The lowest BCUT2D eigenvalue weighted by atomic mass is 10.0. The SMILES string of the molecule is O=C(O)c1ccc(C(=O)O)c(/C=C/c2ccc(CO)cc2)c1. The first-order valence-electron chi connectivity index (χ1n) is 6.50. The van der Waals surface area contributed by atoms with Crippen molar-refractivity contribution in [2.75, 3.05) is 0 Å². The highest BCUT2D eigenvalue weighted by atomic mass is 16.4. The number of rotatable bonds is 5. The maximum atomic E-state index is 11.2. The molecular weight excluding hydrogens is 284 g/mol. The number of benzene rings is 2. The van der Waals surface area contributed by atoms with Crippen molar-refractivity contribution in [1.82, 2.24) is 0 Å². The third-order valence-corrected chi connectivity index (χ3v) is 3.15. The molecule has 0 aliphatic heterocycles. The zero-order valence-electron chi connectivity index (χ0n) is 11.6. The third-order valence-electron chi connectivity index (χ3n) is 3.15. The minimum Gasteiger partial charge on any atom is -0.478 e. The van der Waals surface area contributed by atoms with E-state index in [0.717, 1.165) is 11.1 Å². The van der Waals surface area contributed by atoms with Crippen molar-refractivity contribution in [2.45, 2.75) is 6.61 Å². The molecule has 0 radical (unpaired) electrons. The number of carboxylic acids is 2. The predicted molar refractivity (Wildman–Crippen MR) is 81.7 cm³/mol. The molecule has 0 aliphatic rings. The van der Waals surface area contributed by atoms with Gasteiger partial charge in [-0.2, -0.15) is 0 Å². The lowest BCUT2D eigenvalue weighted by molar-refractivity contribution is 0.0681. The molecule has 5 nitrogen and oxygen atoms in total. The van der Waals surface area contributed by atoms with Gasteiger partial charge in [-0.1, -0.05) is 36.4 Å². The van der Waals surface area contributed by atoms with Gasteiger partial charge in [0.2, 0.25) is 0 Å². The quantitative estimate of drug-likeness (QED) is 0.738. The number of carbonyl (C=O) groups is 2. The van der Waals surface area contributed by atoms with Gasteiger partial charge in [0.15, 0.2) is 0 Å². The first-order valence-corrected chi connectivity index (χ1v) is 6.50. The Morgan fingerprint density at radius 1 is 0.909 bits per heavy atom. The smallest absolute Gasteiger partial charge is 0.336 e. The highest BCUT2D eigenvalue weighted by Crippen LogP contribution is 2.17. The van der Waals surface area contributed by atoms with E-state index >= 15 is 0 Å². The average molecular weight is 298 g/mol. The fourth-order valence-electron chi connectivity index (χ4n) is 1.95. The van der Waals surface area contributed by atoms with Crippen LogP contribution in [0.5, 0.6) is 0 Å². The van der Waals surface area contributed by atoms with Crippen LogP contribution in [0.1, 0.15) is 37.4 Å². The van der Waals surface area contributed by atoms with E-state index in [-0.39, 0.29) is 17.7 Å². The Balaban J connectivity index is 2.36. The molecule has 2 aromatic rings. The molecule has 2 aromatic carbocycles. The Labute approximate surface area is 126 Å². The molecule has 0 bridgehead atoms. The molecule has 22 heavy (non-hydrogen) atoms. The lowest BCUT2D eigenvalue weighted by Gasteiger charge is -2.03. The molecule has 0 aliphatic carbocycles. The average Bonchev–Trinajstić information content (AvgIpc) is 2.52. The van der Waals surface area contributed by atoms with E-state index in [2.05, 4.69) is 0 Å². The maximum Gasteiger partial charge on any atom is 0.336 e. The van der Waals surface area contributed by atoms with Crippen molar-refractivity contribution in [1.29, 1.82) is 0 Å². The first kappa shape index (κ1) is 15.5. The maximum absolute atomic E-state index is 11.2. The van der Waals surface area contributed by atoms with Gasteiger partial charge in [0, 0.05) is 0 Å². The molecule has 0 unspecified atom stereocenters. The van der Waals surface area contributed by atoms with Gasteiger partial charge in [-0.25, -0.2) is 9.59 Å². The molecule has 0 amide bonds. The van der Waals surface area contributed by atoms with E-state index in [1.54, 1.807) is 36.4 Å². The van der Waals surface area contributed by atoms with E-state index in [4.69, 9.17) is 15.3 Å². The van der Waals surface area contributed by atoms with Gasteiger partial charge in [-0.15, -0.1) is 0 Å². The first-order chi connectivity index (χ1) is 10.5. The summed E-state index contributed by atoms with van der Waals surface area (Å²) in [6.07, 6.45) is 3.25. The number of aliphatic hydroxyl groups excluding tert-OH is 1. The zero-order valence-corrected chi connectivity index (χ0v) is 11.6. The summed E-state index contributed by atoms with van der Waals surface area (Å²) in [6, 6.07) is 10.9. The van der Waals surface area contributed by atoms with Crippen LogP contribution in [0.15, 0.2) is 42.5 Å². The molecule has 0 heterocycles. The second kappa shape index (κ2) is 6.69. The molecule has 2 rings (SSSR count). The summed E-state index contributed by atoms with van der Waals surface area (Å²) < 4.78 is 0. The van der Waals surface area contributed by atoms with Crippen molar-refractivity contribution in [3.63, 3.8) is 0 Å². The Morgan fingerprint density at radius 3 is 2.14 bits per heavy atom. The van der Waals surface area contributed by atoms with Crippen LogP contribution >= 0.6 is 0 Å². The van der Waals surface area contributed by atoms with Gasteiger partial charge in [0.1, 0.15) is 0 Å². The van der Waals surface area contributed by atoms with Gasteiger partial charge >= 0.3 is 11.9 Å². The summed E-state index contributed by atoms with van der Waals surface area (Å²) in [5, 5.41) is 27.1. The summed E-state index contributed by atoms with van der Waals surface area (Å²) in [7, 11) is 0. The van der Waals surface area contributed by atoms with Crippen molar-refractivity contribution < 1.29 is 24.9 Å². The van der Waals surface area contributed by atoms with Crippen LogP contribution in [0, 0.1) is 0 Å². The summed E-state index contributed by atoms with van der Waals surface area (Å²) in [5.74, 6) is -2.23. The zero-order chi connectivity index (χ0) is 16.1. The van der Waals surface area contributed by atoms with Crippen molar-refractivity contribution in [3.05, 3.63) is 70.3 Å². The van der Waals surface area contributed by atoms with Gasteiger partial charge in [0.05, 0.1) is 17.7 Å². The highest BCUT2D eigenvalue weighted by molar-refractivity contribution is 5.96. The minimum atomic E-state index is -1.12. The van der Waals surface area contributed by atoms with Gasteiger partial charge in [-0.05, 0) is 34.9 Å². The van der Waals surface area contributed by atoms with Crippen LogP contribution in [-0.2, 0) is 6.61 Å². The molecule has 0 fully saturated rings. The monoisotopic (exact) mass is 298 g/mol. The minimum absolute atomic E-state index is 0.0280. The van der Waals surface area contributed by atoms with Crippen LogP contribution in [0.25, 0.3) is 12.2 Å². The topological polar surface area (TPSA) is 94.8 Å². The van der Waals surface area contributed by atoms with Gasteiger partial charge in [-0.3, -0.25) is 0 Å². The molecule has 0 saturated carbocycles. The van der Waals surface area contributed by atoms with Crippen molar-refractivity contribution in [3.8, 4) is 0 Å². The van der Waals surface area contributed by atoms with E-state index in [0.29, 0.717) is 5.56 Å². The van der Waals surface area contributed by atoms with Crippen LogP contribution < -0.4 is 0 Å². The number of aromatic carboxylic acids is 2. The summed E-state index contributed by atoms with van der Waals surface area (Å²) in [5.41, 5.74) is 1.97. The fraction of sp³-hybridized carbons (Fsp3) is 0.0588. The van der Waals surface area contributed by atoms with Crippen LogP contribution in [0.3, 0.4) is 0 Å². The van der Waals surface area contributed by atoms with Crippen LogP contribution in [0.4, 0.5) is 0 Å². The van der Waals surface area contributed by atoms with Crippen molar-refractivity contribution in [2.24, 2.45) is 0 Å². The molecule has 3 N–H and O–H groups in total. The summed E-state index contributed by atoms with van der Waals surface area (Å²) in [4.78, 5) is 22.2. The second-order valence-electron chi connectivity index (χ2n) is 4.65. The number of hydrogen-bond donors (Lipinski definition) is 3. The molecule has 0 aromatic heterocycles. The Morgan fingerprint density at radius 2 is 1.59 bits per heavy atom. The van der Waals surface area contributed by atoms with Crippen molar-refractivity contribution >= 4 is 24.1 Å². The molecule has 0 atom stereocenters. The predicted octanol–water partition coefficient (Wildman–Crippen LogP) is 2.75. The molecule has 112 valence electrons. The van der Waals surface area contributed by atoms with Crippen LogP contribution in [0.2, 0.25) is 0 Å². The molecular formula is C17H14O5. The number of carboxylic acid groups (broad SMARTS) is 2. The van der Waals surface area contributed by atoms with Gasteiger partial charge < -0.3 is 15.3 Å². The second-order valence-corrected chi connectivity index (χ2v) is 4.65. The van der Waals surface area contributed by atoms with E-state index < -0.39 is 11.9 Å². The Kier molecular flexibility index (Phi) is 4.70. The Bertz CT molecular complexity index is 729. The lowest BCUT2D eigenvalue weighted by Crippen LogP contribution is -2.03. The third kappa shape index (κ3) is 3.59. The van der Waals surface area contributed by atoms with Crippen LogP contribution in [-0.4, -0.2) is 27.3 Å². The summed E-state index contributed by atoms with van der Waals surface area (Å²) in [6.45, 7) is -0.0478.